The molecule has 1 N–H and O–H groups in total. The summed E-state index contributed by atoms with van der Waals surface area (Å²) in [5.74, 6) is 0.673. The first-order chi connectivity index (χ1) is 14.9. The topological polar surface area (TPSA) is 79.0 Å². The molecule has 0 bridgehead atoms. The van der Waals surface area contributed by atoms with Crippen molar-refractivity contribution < 1.29 is 17.4 Å². The molecule has 1 fully saturated rings. The Labute approximate surface area is 187 Å². The summed E-state index contributed by atoms with van der Waals surface area (Å²) in [5, 5.41) is 3.29. The number of nitrogens with one attached hydrogen (secondary N) is 1. The summed E-state index contributed by atoms with van der Waals surface area (Å²) in [7, 11) is -3.52. The van der Waals surface area contributed by atoms with E-state index >= 15 is 0 Å². The molecular formula is C23H37N3O4S. The summed E-state index contributed by atoms with van der Waals surface area (Å²) in [6, 6.07) is 6.11. The first-order valence-corrected chi connectivity index (χ1v) is 13.4. The van der Waals surface area contributed by atoms with E-state index in [1.807, 2.05) is 17.0 Å². The summed E-state index contributed by atoms with van der Waals surface area (Å²) in [5.41, 5.74) is 2.49. The molecule has 1 amide bonds. The van der Waals surface area contributed by atoms with Gasteiger partial charge in [0.1, 0.15) is 5.75 Å². The first-order valence-electron chi connectivity index (χ1n) is 11.6. The van der Waals surface area contributed by atoms with Crippen LogP contribution < -0.4 is 9.50 Å². The van der Waals surface area contributed by atoms with Crippen molar-refractivity contribution in [3.63, 3.8) is 0 Å². The average Bonchev–Trinajstić information content (AvgIpc) is 2.92. The summed E-state index contributed by atoms with van der Waals surface area (Å²) >= 11 is 0. The van der Waals surface area contributed by atoms with Crippen LogP contribution in [0.25, 0.3) is 0 Å². The van der Waals surface area contributed by atoms with Crippen LogP contribution in [0.3, 0.4) is 0 Å². The van der Waals surface area contributed by atoms with Crippen molar-refractivity contribution in [1.82, 2.24) is 15.1 Å². The first kappa shape index (κ1) is 24.0. The summed E-state index contributed by atoms with van der Waals surface area (Å²) < 4.78 is 28.0. The molecule has 7 nitrogen and oxygen atoms in total. The maximum absolute atomic E-state index is 12.2. The molecule has 0 saturated carbocycles. The Morgan fingerprint density at radius 3 is 2.77 bits per heavy atom. The molecule has 8 heteroatoms. The smallest absolute Gasteiger partial charge is 0.306 e. The fourth-order valence-electron chi connectivity index (χ4n) is 4.69. The number of hydrogen-bond acceptors (Lipinski definition) is 6. The molecule has 1 aromatic rings. The van der Waals surface area contributed by atoms with Crippen molar-refractivity contribution in [3.05, 3.63) is 29.3 Å². The number of fused-ring (bicyclic) bond motifs is 1. The van der Waals surface area contributed by atoms with Gasteiger partial charge >= 0.3 is 10.1 Å². The Balaban J connectivity index is 1.54. The van der Waals surface area contributed by atoms with Gasteiger partial charge in [-0.1, -0.05) is 13.0 Å². The number of nitrogens with zero attached hydrogens (tertiary/aromatic N) is 2. The molecular weight excluding hydrogens is 414 g/mol. The SMILES string of the molecule is CCCN(CCCCN1CCNCCC1=O)C1CCc2ccc(OS(C)(=O)=O)cc2C1. The number of carbonyl (C=O) groups excluding carboxylic acids is 1. The average molecular weight is 452 g/mol. The Bertz CT molecular complexity index is 843. The van der Waals surface area contributed by atoms with E-state index in [1.54, 1.807) is 6.07 Å². The lowest BCUT2D eigenvalue weighted by atomic mass is 9.87. The molecule has 0 aromatic heterocycles. The fraction of sp³-hybridized carbons (Fsp3) is 0.696. The van der Waals surface area contributed by atoms with Crippen molar-refractivity contribution in [2.75, 3.05) is 45.5 Å². The van der Waals surface area contributed by atoms with Gasteiger partial charge < -0.3 is 19.3 Å². The third-order valence-electron chi connectivity index (χ3n) is 6.21. The van der Waals surface area contributed by atoms with E-state index < -0.39 is 10.1 Å². The zero-order valence-electron chi connectivity index (χ0n) is 18.9. The van der Waals surface area contributed by atoms with Gasteiger partial charge in [-0.2, -0.15) is 8.42 Å². The molecule has 1 aliphatic heterocycles. The highest BCUT2D eigenvalue weighted by molar-refractivity contribution is 7.86. The summed E-state index contributed by atoms with van der Waals surface area (Å²) in [6.45, 7) is 7.65. The second kappa shape index (κ2) is 11.3. The molecule has 1 heterocycles. The molecule has 1 aromatic carbocycles. The predicted molar refractivity (Wildman–Crippen MR) is 123 cm³/mol. The van der Waals surface area contributed by atoms with Gasteiger partial charge in [0.2, 0.25) is 5.91 Å². The van der Waals surface area contributed by atoms with E-state index in [1.165, 1.54) is 11.1 Å². The lowest BCUT2D eigenvalue weighted by Gasteiger charge is -2.35. The Morgan fingerprint density at radius 2 is 2.00 bits per heavy atom. The number of aryl methyl sites for hydroxylation is 1. The third-order valence-corrected chi connectivity index (χ3v) is 6.70. The van der Waals surface area contributed by atoms with E-state index in [4.69, 9.17) is 4.18 Å². The minimum absolute atomic E-state index is 0.270. The fourth-order valence-corrected chi connectivity index (χ4v) is 5.14. The lowest BCUT2D eigenvalue weighted by molar-refractivity contribution is -0.130. The highest BCUT2D eigenvalue weighted by atomic mass is 32.2. The van der Waals surface area contributed by atoms with Crippen molar-refractivity contribution in [3.8, 4) is 5.75 Å². The highest BCUT2D eigenvalue weighted by Gasteiger charge is 2.24. The van der Waals surface area contributed by atoms with Gasteiger partial charge in [-0.3, -0.25) is 4.79 Å². The number of amides is 1. The minimum Gasteiger partial charge on any atom is -0.383 e. The van der Waals surface area contributed by atoms with Crippen LogP contribution in [0.5, 0.6) is 5.75 Å². The molecule has 174 valence electrons. The molecule has 1 saturated heterocycles. The maximum Gasteiger partial charge on any atom is 0.306 e. The molecule has 0 spiro atoms. The molecule has 1 unspecified atom stereocenters. The van der Waals surface area contributed by atoms with Crippen LogP contribution in [0.4, 0.5) is 0 Å². The number of carbonyl (C=O) groups is 1. The number of hydrogen-bond donors (Lipinski definition) is 1. The molecule has 31 heavy (non-hydrogen) atoms. The Kier molecular flexibility index (Phi) is 8.75. The standard InChI is InChI=1S/C23H37N3O4S/c1-3-13-25(14-4-5-15-26-16-12-24-11-10-23(26)27)21-8-6-19-7-9-22(18-20(19)17-21)30-31(2,28)29/h7,9,18,21,24H,3-6,8,10-17H2,1-2H3. The van der Waals surface area contributed by atoms with Gasteiger partial charge in [0, 0.05) is 38.6 Å². The van der Waals surface area contributed by atoms with Crippen LogP contribution in [-0.2, 0) is 27.8 Å². The van der Waals surface area contributed by atoms with Crippen molar-refractivity contribution in [1.29, 1.82) is 0 Å². The van der Waals surface area contributed by atoms with Crippen molar-refractivity contribution in [2.45, 2.75) is 57.9 Å². The molecule has 2 aliphatic rings. The number of unbranched alkanes of at least 4 members (excludes halogenated alkanes) is 1. The van der Waals surface area contributed by atoms with Crippen molar-refractivity contribution in [2.24, 2.45) is 0 Å². The number of rotatable bonds is 10. The van der Waals surface area contributed by atoms with Crippen LogP contribution in [0.2, 0.25) is 0 Å². The van der Waals surface area contributed by atoms with E-state index in [2.05, 4.69) is 17.1 Å². The van der Waals surface area contributed by atoms with Crippen LogP contribution >= 0.6 is 0 Å². The van der Waals surface area contributed by atoms with Crippen LogP contribution in [0.1, 0.15) is 50.2 Å². The van der Waals surface area contributed by atoms with Gasteiger partial charge in [0.25, 0.3) is 0 Å². The second-order valence-corrected chi connectivity index (χ2v) is 10.3. The highest BCUT2D eigenvalue weighted by Crippen LogP contribution is 2.28. The summed E-state index contributed by atoms with van der Waals surface area (Å²) in [4.78, 5) is 16.7. The van der Waals surface area contributed by atoms with Gasteiger partial charge in [0.05, 0.1) is 6.26 Å². The van der Waals surface area contributed by atoms with Crippen molar-refractivity contribution >= 4 is 16.0 Å². The van der Waals surface area contributed by atoms with Gasteiger partial charge in [-0.15, -0.1) is 0 Å². The third kappa shape index (κ3) is 7.47. The van der Waals surface area contributed by atoms with Crippen LogP contribution in [0, 0.1) is 0 Å². The molecule has 1 atom stereocenters. The second-order valence-electron chi connectivity index (χ2n) is 8.74. The van der Waals surface area contributed by atoms with E-state index in [9.17, 15) is 13.2 Å². The Hall–Kier alpha value is -1.64. The van der Waals surface area contributed by atoms with Gasteiger partial charge in [-0.05, 0) is 74.9 Å². The van der Waals surface area contributed by atoms with Crippen LogP contribution in [0.15, 0.2) is 18.2 Å². The quantitative estimate of drug-likeness (QED) is 0.434. The largest absolute Gasteiger partial charge is 0.383 e. The summed E-state index contributed by atoms with van der Waals surface area (Å²) in [6.07, 6.45) is 7.95. The minimum atomic E-state index is -3.52. The van der Waals surface area contributed by atoms with Crippen LogP contribution in [-0.4, -0.2) is 75.7 Å². The van der Waals surface area contributed by atoms with E-state index in [-0.39, 0.29) is 5.91 Å². The normalized spacial score (nSPS) is 19.9. The monoisotopic (exact) mass is 451 g/mol. The van der Waals surface area contributed by atoms with Gasteiger partial charge in [-0.25, -0.2) is 0 Å². The molecule has 3 rings (SSSR count). The lowest BCUT2D eigenvalue weighted by Crippen LogP contribution is -2.41. The molecule has 0 radical (unpaired) electrons. The zero-order chi connectivity index (χ0) is 22.3. The molecule has 1 aliphatic carbocycles. The maximum atomic E-state index is 12.2. The predicted octanol–water partition coefficient (Wildman–Crippen LogP) is 2.20. The Morgan fingerprint density at radius 1 is 1.16 bits per heavy atom. The van der Waals surface area contributed by atoms with Gasteiger partial charge in [0.15, 0.2) is 0 Å². The van der Waals surface area contributed by atoms with E-state index in [0.29, 0.717) is 18.2 Å². The number of benzene rings is 1. The van der Waals surface area contributed by atoms with E-state index in [0.717, 1.165) is 84.0 Å². The zero-order valence-corrected chi connectivity index (χ0v) is 19.8.